The van der Waals surface area contributed by atoms with Crippen molar-refractivity contribution < 1.29 is 56.0 Å². The minimum Gasteiger partial charge on any atom is -0.218 e. The zero-order chi connectivity index (χ0) is 29.6. The third-order valence-electron chi connectivity index (χ3n) is 5.30. The van der Waals surface area contributed by atoms with Crippen LogP contribution in [-0.2, 0) is 35.9 Å². The second-order valence-electron chi connectivity index (χ2n) is 7.95. The summed E-state index contributed by atoms with van der Waals surface area (Å²) in [6.45, 7) is 1.01. The molecule has 3 rings (SSSR count). The van der Waals surface area contributed by atoms with Gasteiger partial charge in [0.1, 0.15) is 10.7 Å². The first-order valence-corrected chi connectivity index (χ1v) is 14.8. The first-order chi connectivity index (χ1) is 17.7. The van der Waals surface area contributed by atoms with Gasteiger partial charge in [-0.2, -0.15) is 26.3 Å². The van der Waals surface area contributed by atoms with E-state index in [4.69, 9.17) is 0 Å². The molecule has 0 saturated carbocycles. The van der Waals surface area contributed by atoms with Crippen LogP contribution in [0.5, 0.6) is 0 Å². The monoisotopic (exact) mass is 619 g/mol. The minimum absolute atomic E-state index is 0.0665. The molecule has 17 heteroatoms. The molecule has 212 valence electrons. The Morgan fingerprint density at radius 1 is 0.692 bits per heavy atom. The van der Waals surface area contributed by atoms with E-state index in [2.05, 4.69) is 0 Å². The van der Waals surface area contributed by atoms with Crippen molar-refractivity contribution in [3.63, 3.8) is 0 Å². The molecule has 0 radical (unpaired) electrons. The number of nitrogens with one attached hydrogen (secondary N) is 1. The first-order valence-electron chi connectivity index (χ1n) is 10.3. The van der Waals surface area contributed by atoms with Crippen LogP contribution in [0.15, 0.2) is 86.3 Å². The maximum absolute atomic E-state index is 14.3. The van der Waals surface area contributed by atoms with Gasteiger partial charge in [0.15, 0.2) is 0 Å². The minimum atomic E-state index is -5.77. The highest BCUT2D eigenvalue weighted by Crippen LogP contribution is 2.37. The summed E-state index contributed by atoms with van der Waals surface area (Å²) in [5.41, 5.74) is -7.32. The number of benzene rings is 3. The molecule has 0 aliphatic heterocycles. The zero-order valence-electron chi connectivity index (χ0n) is 19.2. The Morgan fingerprint density at radius 2 is 1.26 bits per heavy atom. The number of halogens is 7. The zero-order valence-corrected chi connectivity index (χ0v) is 21.7. The van der Waals surface area contributed by atoms with Crippen molar-refractivity contribution in [2.24, 2.45) is 0 Å². The molecule has 0 bridgehead atoms. The highest BCUT2D eigenvalue weighted by molar-refractivity contribution is 7.94. The SMILES string of the molecule is C[C@H](NS(=O)(=O)C(F)(F)F)c1ccc(S(=O)(=O)c2cc(C(F)(F)F)ccc2S(=O)(=O)c2ccccc2F)cc1. The molecular formula is C22H16F7NO6S3. The molecular weight excluding hydrogens is 603 g/mol. The highest BCUT2D eigenvalue weighted by Gasteiger charge is 2.46. The van der Waals surface area contributed by atoms with Crippen LogP contribution in [0.4, 0.5) is 30.7 Å². The first kappa shape index (κ1) is 30.5. The predicted molar refractivity (Wildman–Crippen MR) is 122 cm³/mol. The van der Waals surface area contributed by atoms with E-state index in [0.29, 0.717) is 12.1 Å². The Morgan fingerprint density at radius 3 is 1.77 bits per heavy atom. The Kier molecular flexibility index (Phi) is 7.97. The highest BCUT2D eigenvalue weighted by atomic mass is 32.2. The van der Waals surface area contributed by atoms with E-state index in [1.807, 2.05) is 0 Å². The van der Waals surface area contributed by atoms with Crippen molar-refractivity contribution in [1.29, 1.82) is 0 Å². The maximum atomic E-state index is 14.3. The molecule has 39 heavy (non-hydrogen) atoms. The predicted octanol–water partition coefficient (Wildman–Crippen LogP) is 5.01. The topological polar surface area (TPSA) is 114 Å². The lowest BCUT2D eigenvalue weighted by molar-refractivity contribution is -0.137. The van der Waals surface area contributed by atoms with Gasteiger partial charge in [0.25, 0.3) is 0 Å². The molecule has 0 aromatic heterocycles. The molecule has 3 aromatic rings. The van der Waals surface area contributed by atoms with E-state index < -0.39 is 78.4 Å². The van der Waals surface area contributed by atoms with Crippen LogP contribution in [0, 0.1) is 5.82 Å². The maximum Gasteiger partial charge on any atom is 0.511 e. The van der Waals surface area contributed by atoms with Gasteiger partial charge in [-0.25, -0.2) is 34.4 Å². The molecule has 1 atom stereocenters. The van der Waals surface area contributed by atoms with E-state index in [1.165, 1.54) is 4.72 Å². The number of hydrogen-bond acceptors (Lipinski definition) is 6. The second-order valence-corrected chi connectivity index (χ2v) is 13.5. The van der Waals surface area contributed by atoms with Gasteiger partial charge in [0.05, 0.1) is 20.2 Å². The van der Waals surface area contributed by atoms with Crippen LogP contribution >= 0.6 is 0 Å². The summed E-state index contributed by atoms with van der Waals surface area (Å²) in [6.07, 6.45) is -5.10. The van der Waals surface area contributed by atoms with Crippen LogP contribution < -0.4 is 4.72 Å². The average molecular weight is 620 g/mol. The quantitative estimate of drug-likeness (QED) is 0.372. The summed E-state index contributed by atoms with van der Waals surface area (Å²) in [7, 11) is -15.9. The van der Waals surface area contributed by atoms with Crippen LogP contribution in [0.2, 0.25) is 0 Å². The summed E-state index contributed by atoms with van der Waals surface area (Å²) in [5, 5.41) is 0. The summed E-state index contributed by atoms with van der Waals surface area (Å²) in [5.74, 6) is -1.29. The fourth-order valence-electron chi connectivity index (χ4n) is 3.33. The van der Waals surface area contributed by atoms with E-state index in [9.17, 15) is 56.0 Å². The van der Waals surface area contributed by atoms with Crippen LogP contribution in [-0.4, -0.2) is 30.8 Å². The molecule has 0 heterocycles. The fourth-order valence-corrected chi connectivity index (χ4v) is 7.47. The van der Waals surface area contributed by atoms with Gasteiger partial charge in [-0.05, 0) is 55.0 Å². The van der Waals surface area contributed by atoms with Gasteiger partial charge in [0.2, 0.25) is 19.7 Å². The van der Waals surface area contributed by atoms with Crippen molar-refractivity contribution in [2.75, 3.05) is 0 Å². The number of sulfone groups is 2. The van der Waals surface area contributed by atoms with Gasteiger partial charge in [-0.1, -0.05) is 24.3 Å². The third kappa shape index (κ3) is 6.10. The molecule has 0 unspecified atom stereocenters. The number of alkyl halides is 6. The van der Waals surface area contributed by atoms with Crippen molar-refractivity contribution in [2.45, 2.75) is 44.2 Å². The lowest BCUT2D eigenvalue weighted by atomic mass is 10.1. The van der Waals surface area contributed by atoms with E-state index in [1.54, 1.807) is 0 Å². The third-order valence-corrected chi connectivity index (χ3v) is 10.4. The smallest absolute Gasteiger partial charge is 0.218 e. The fraction of sp³-hybridized carbons (Fsp3) is 0.182. The van der Waals surface area contributed by atoms with Crippen LogP contribution in [0.25, 0.3) is 0 Å². The largest absolute Gasteiger partial charge is 0.511 e. The standard InChI is InChI=1S/C22H16F7NO6S3/c1-13(30-39(35,36)22(27,28)29)14-6-9-16(10-7-14)37(31,32)20-12-15(21(24,25)26)8-11-19(20)38(33,34)18-5-3-2-4-17(18)23/h2-13,30H,1H3/t13-/m0/s1. The molecule has 1 N–H and O–H groups in total. The molecule has 0 aliphatic rings. The average Bonchev–Trinajstić information content (AvgIpc) is 2.82. The van der Waals surface area contributed by atoms with Crippen LogP contribution in [0.3, 0.4) is 0 Å². The molecule has 7 nitrogen and oxygen atoms in total. The molecule has 0 saturated heterocycles. The lowest BCUT2D eigenvalue weighted by Crippen LogP contribution is -2.37. The molecule has 0 amide bonds. The molecule has 0 spiro atoms. The van der Waals surface area contributed by atoms with Crippen molar-refractivity contribution in [3.8, 4) is 0 Å². The van der Waals surface area contributed by atoms with Gasteiger partial charge in [-0.15, -0.1) is 0 Å². The van der Waals surface area contributed by atoms with Crippen molar-refractivity contribution in [1.82, 2.24) is 4.72 Å². The van der Waals surface area contributed by atoms with E-state index in [-0.39, 0.29) is 11.6 Å². The molecule has 3 aromatic carbocycles. The van der Waals surface area contributed by atoms with E-state index >= 15 is 0 Å². The van der Waals surface area contributed by atoms with Crippen molar-refractivity contribution >= 4 is 29.7 Å². The second kappa shape index (κ2) is 10.2. The van der Waals surface area contributed by atoms with Gasteiger partial charge in [0, 0.05) is 6.04 Å². The van der Waals surface area contributed by atoms with Gasteiger partial charge in [-0.3, -0.25) is 0 Å². The van der Waals surface area contributed by atoms with Crippen molar-refractivity contribution in [3.05, 3.63) is 83.7 Å². The lowest BCUT2D eigenvalue weighted by Gasteiger charge is -2.17. The number of rotatable bonds is 7. The normalized spacial score (nSPS) is 14.3. The summed E-state index contributed by atoms with van der Waals surface area (Å²) in [4.78, 5) is -4.26. The molecule has 0 fully saturated rings. The molecule has 0 aliphatic carbocycles. The number of sulfonamides is 1. The Hall–Kier alpha value is -3.02. The Bertz CT molecular complexity index is 1720. The number of hydrogen-bond donors (Lipinski definition) is 1. The summed E-state index contributed by atoms with van der Waals surface area (Å²) < 4.78 is 169. The Labute approximate surface area is 218 Å². The summed E-state index contributed by atoms with van der Waals surface area (Å²) >= 11 is 0. The van der Waals surface area contributed by atoms with Crippen LogP contribution in [0.1, 0.15) is 24.1 Å². The van der Waals surface area contributed by atoms with Gasteiger partial charge < -0.3 is 0 Å². The Balaban J connectivity index is 2.15. The van der Waals surface area contributed by atoms with Gasteiger partial charge >= 0.3 is 21.7 Å². The summed E-state index contributed by atoms with van der Waals surface area (Å²) in [6, 6.07) is 6.27. The van der Waals surface area contributed by atoms with E-state index in [0.717, 1.165) is 55.5 Å².